The number of ether oxygens (including phenoxy) is 1. The third kappa shape index (κ3) is 4.14. The number of urea groups is 1. The number of hydrogen-bond donors (Lipinski definition) is 2. The fourth-order valence-electron chi connectivity index (χ4n) is 2.59. The Kier molecular flexibility index (Phi) is 6.23. The van der Waals surface area contributed by atoms with Gasteiger partial charge in [-0.05, 0) is 100 Å². The van der Waals surface area contributed by atoms with Gasteiger partial charge in [-0.3, -0.25) is 14.9 Å². The molecule has 2 aromatic rings. The molecule has 9 heteroatoms. The highest BCUT2D eigenvalue weighted by atomic mass is 127. The van der Waals surface area contributed by atoms with Gasteiger partial charge in [-0.15, -0.1) is 0 Å². The number of benzene rings is 2. The number of barbiturate groups is 1. The van der Waals surface area contributed by atoms with Gasteiger partial charge in [-0.1, -0.05) is 0 Å². The van der Waals surface area contributed by atoms with E-state index in [2.05, 4.69) is 5.32 Å². The zero-order chi connectivity index (χ0) is 20.4. The average Bonchev–Trinajstić information content (AvgIpc) is 2.64. The van der Waals surface area contributed by atoms with Crippen molar-refractivity contribution in [3.05, 3.63) is 54.7 Å². The zero-order valence-electron chi connectivity index (χ0n) is 14.5. The molecule has 1 aliphatic rings. The Morgan fingerprint density at radius 1 is 1.11 bits per heavy atom. The second kappa shape index (κ2) is 8.47. The van der Waals surface area contributed by atoms with Gasteiger partial charge in [0.25, 0.3) is 11.8 Å². The predicted molar refractivity (Wildman–Crippen MR) is 120 cm³/mol. The molecule has 0 saturated carbocycles. The molecule has 0 radical (unpaired) electrons. The second-order valence-electron chi connectivity index (χ2n) is 5.72. The molecule has 7 nitrogen and oxygen atoms in total. The van der Waals surface area contributed by atoms with Gasteiger partial charge in [0, 0.05) is 0 Å². The number of nitrogens with zero attached hydrogens (tertiary/aromatic N) is 1. The topological polar surface area (TPSA) is 95.9 Å². The van der Waals surface area contributed by atoms with Crippen LogP contribution < -0.4 is 15.0 Å². The first kappa shape index (κ1) is 20.6. The number of carbonyl (C=O) groups excluding carboxylic acids is 3. The van der Waals surface area contributed by atoms with Crippen LogP contribution in [0, 0.1) is 7.14 Å². The zero-order valence-corrected chi connectivity index (χ0v) is 18.8. The minimum atomic E-state index is -0.814. The smallest absolute Gasteiger partial charge is 0.335 e. The van der Waals surface area contributed by atoms with Crippen molar-refractivity contribution in [2.24, 2.45) is 0 Å². The van der Waals surface area contributed by atoms with E-state index in [1.54, 1.807) is 36.4 Å². The lowest BCUT2D eigenvalue weighted by Gasteiger charge is -2.26. The Morgan fingerprint density at radius 3 is 2.29 bits per heavy atom. The molecule has 1 fully saturated rings. The molecule has 3 rings (SSSR count). The Balaban J connectivity index is 1.98. The molecular weight excluding hydrogens is 590 g/mol. The standard InChI is InChI=1S/C19H14I2N2O5/c1-2-28-12-5-3-11(4-6-12)23-18(26)13(17(25)22-19(23)27)7-10-8-14(20)16(24)15(21)9-10/h3-9,24H,2H2,1H3,(H,22,25,27). The first-order chi connectivity index (χ1) is 13.3. The molecule has 4 amide bonds. The number of phenols is 1. The third-order valence-electron chi connectivity index (χ3n) is 3.86. The van der Waals surface area contributed by atoms with E-state index >= 15 is 0 Å². The van der Waals surface area contributed by atoms with Crippen LogP contribution in [0.1, 0.15) is 12.5 Å². The van der Waals surface area contributed by atoms with Crippen LogP contribution in [0.15, 0.2) is 42.0 Å². The molecular formula is C19H14I2N2O5. The van der Waals surface area contributed by atoms with Gasteiger partial charge >= 0.3 is 6.03 Å². The van der Waals surface area contributed by atoms with E-state index in [1.807, 2.05) is 52.1 Å². The molecule has 0 unspecified atom stereocenters. The van der Waals surface area contributed by atoms with Crippen LogP contribution in [0.5, 0.6) is 11.5 Å². The maximum absolute atomic E-state index is 12.9. The summed E-state index contributed by atoms with van der Waals surface area (Å²) in [4.78, 5) is 38.3. The average molecular weight is 604 g/mol. The molecule has 1 heterocycles. The van der Waals surface area contributed by atoms with Gasteiger partial charge in [0.1, 0.15) is 17.1 Å². The van der Waals surface area contributed by atoms with Crippen molar-refractivity contribution in [3.8, 4) is 11.5 Å². The fraction of sp³-hybridized carbons (Fsp3) is 0.105. The van der Waals surface area contributed by atoms with Crippen LogP contribution >= 0.6 is 45.2 Å². The number of carbonyl (C=O) groups is 3. The van der Waals surface area contributed by atoms with Gasteiger partial charge in [0.15, 0.2) is 0 Å². The summed E-state index contributed by atoms with van der Waals surface area (Å²) in [6.45, 7) is 2.35. The van der Waals surface area contributed by atoms with Gasteiger partial charge in [-0.2, -0.15) is 0 Å². The predicted octanol–water partition coefficient (Wildman–Crippen LogP) is 3.67. The summed E-state index contributed by atoms with van der Waals surface area (Å²) in [5, 5.41) is 12.1. The summed E-state index contributed by atoms with van der Waals surface area (Å²) in [6.07, 6.45) is 1.40. The number of anilines is 1. The van der Waals surface area contributed by atoms with Gasteiger partial charge in [0.2, 0.25) is 0 Å². The van der Waals surface area contributed by atoms with E-state index in [0.29, 0.717) is 30.7 Å². The van der Waals surface area contributed by atoms with Crippen LogP contribution in [0.2, 0.25) is 0 Å². The summed E-state index contributed by atoms with van der Waals surface area (Å²) >= 11 is 3.92. The lowest BCUT2D eigenvalue weighted by atomic mass is 10.1. The van der Waals surface area contributed by atoms with Crippen molar-refractivity contribution in [1.82, 2.24) is 5.32 Å². The van der Waals surface area contributed by atoms with Crippen molar-refractivity contribution >= 4 is 74.8 Å². The summed E-state index contributed by atoms with van der Waals surface area (Å²) in [5.74, 6) is -0.753. The molecule has 2 N–H and O–H groups in total. The fourth-order valence-corrected chi connectivity index (χ4v) is 4.40. The molecule has 1 saturated heterocycles. The minimum absolute atomic E-state index is 0.133. The van der Waals surface area contributed by atoms with Gasteiger partial charge < -0.3 is 9.84 Å². The molecule has 0 spiro atoms. The van der Waals surface area contributed by atoms with Gasteiger partial charge in [-0.25, -0.2) is 9.69 Å². The lowest BCUT2D eigenvalue weighted by Crippen LogP contribution is -2.54. The highest BCUT2D eigenvalue weighted by Crippen LogP contribution is 2.29. The summed E-state index contributed by atoms with van der Waals surface area (Å²) in [5.41, 5.74) is 0.705. The monoisotopic (exact) mass is 604 g/mol. The molecule has 2 aromatic carbocycles. The highest BCUT2D eigenvalue weighted by molar-refractivity contribution is 14.1. The lowest BCUT2D eigenvalue weighted by molar-refractivity contribution is -0.122. The molecule has 0 atom stereocenters. The van der Waals surface area contributed by atoms with Crippen molar-refractivity contribution in [1.29, 1.82) is 0 Å². The Hall–Kier alpha value is -2.15. The molecule has 0 aromatic heterocycles. The van der Waals surface area contributed by atoms with Crippen molar-refractivity contribution < 1.29 is 24.2 Å². The normalized spacial score (nSPS) is 15.8. The SMILES string of the molecule is CCOc1ccc(N2C(=O)NC(=O)C(=Cc3cc(I)c(O)c(I)c3)C2=O)cc1. The van der Waals surface area contributed by atoms with Crippen LogP contribution in [-0.2, 0) is 9.59 Å². The number of hydrogen-bond acceptors (Lipinski definition) is 5. The quantitative estimate of drug-likeness (QED) is 0.316. The Bertz CT molecular complexity index is 979. The molecule has 1 aliphatic heterocycles. The summed E-state index contributed by atoms with van der Waals surface area (Å²) in [6, 6.07) is 8.90. The second-order valence-corrected chi connectivity index (χ2v) is 8.04. The van der Waals surface area contributed by atoms with Crippen molar-refractivity contribution in [3.63, 3.8) is 0 Å². The maximum atomic E-state index is 12.9. The molecule has 0 bridgehead atoms. The molecule has 0 aliphatic carbocycles. The number of phenolic OH excluding ortho intramolecular Hbond substituents is 1. The number of rotatable bonds is 4. The highest BCUT2D eigenvalue weighted by Gasteiger charge is 2.36. The van der Waals surface area contributed by atoms with Crippen LogP contribution in [0.4, 0.5) is 10.5 Å². The van der Waals surface area contributed by atoms with E-state index < -0.39 is 17.8 Å². The first-order valence-corrected chi connectivity index (χ1v) is 10.3. The Labute approximate surface area is 188 Å². The third-order valence-corrected chi connectivity index (χ3v) is 5.50. The van der Waals surface area contributed by atoms with Crippen LogP contribution in [0.3, 0.4) is 0 Å². The van der Waals surface area contributed by atoms with E-state index in [0.717, 1.165) is 4.90 Å². The van der Waals surface area contributed by atoms with E-state index in [4.69, 9.17) is 4.74 Å². The number of imide groups is 2. The van der Waals surface area contributed by atoms with Gasteiger partial charge in [0.05, 0.1) is 19.4 Å². The van der Waals surface area contributed by atoms with Crippen molar-refractivity contribution in [2.45, 2.75) is 6.92 Å². The van der Waals surface area contributed by atoms with Crippen LogP contribution in [0.25, 0.3) is 6.08 Å². The number of aromatic hydroxyl groups is 1. The molecule has 28 heavy (non-hydrogen) atoms. The minimum Gasteiger partial charge on any atom is -0.506 e. The van der Waals surface area contributed by atoms with E-state index in [-0.39, 0.29) is 11.3 Å². The summed E-state index contributed by atoms with van der Waals surface area (Å²) < 4.78 is 6.53. The largest absolute Gasteiger partial charge is 0.506 e. The number of halogens is 2. The number of nitrogens with one attached hydrogen (secondary N) is 1. The van der Waals surface area contributed by atoms with Crippen molar-refractivity contribution in [2.75, 3.05) is 11.5 Å². The number of amides is 4. The molecule has 144 valence electrons. The van der Waals surface area contributed by atoms with E-state index in [9.17, 15) is 19.5 Å². The summed E-state index contributed by atoms with van der Waals surface area (Å²) in [7, 11) is 0. The van der Waals surface area contributed by atoms with Crippen LogP contribution in [-0.4, -0.2) is 29.6 Å². The van der Waals surface area contributed by atoms with E-state index in [1.165, 1.54) is 6.08 Å². The first-order valence-electron chi connectivity index (χ1n) is 8.14. The Morgan fingerprint density at radius 2 is 1.71 bits per heavy atom. The maximum Gasteiger partial charge on any atom is 0.335 e.